The van der Waals surface area contributed by atoms with Crippen LogP contribution in [-0.4, -0.2) is 29.4 Å². The van der Waals surface area contributed by atoms with Crippen molar-refractivity contribution < 1.29 is 23.5 Å². The molecule has 34 heavy (non-hydrogen) atoms. The summed E-state index contributed by atoms with van der Waals surface area (Å²) in [6.07, 6.45) is 1.58. The number of hydrogen-bond donors (Lipinski definition) is 2. The molecule has 1 saturated heterocycles. The van der Waals surface area contributed by atoms with Crippen LogP contribution < -0.4 is 15.4 Å². The molecule has 4 amide bonds. The number of rotatable bonds is 7. The zero-order valence-corrected chi connectivity index (χ0v) is 18.4. The summed E-state index contributed by atoms with van der Waals surface area (Å²) in [5.74, 6) is -0.713. The highest BCUT2D eigenvalue weighted by Crippen LogP contribution is 2.19. The largest absolute Gasteiger partial charge is 0.484 e. The standard InChI is InChI=1S/C26H22FN3O4/c1-17-2-4-19(5-3-17)15-30-25(32)23(29-26(30)33)14-18-6-12-22(13-7-18)34-16-24(31)28-21-10-8-20(27)9-11-21/h2-14H,15-16H2,1H3,(H,28,31)(H,29,33)/b23-14+. The maximum atomic E-state index is 12.9. The van der Waals surface area contributed by atoms with Gasteiger partial charge in [0.1, 0.15) is 17.3 Å². The first-order chi connectivity index (χ1) is 16.4. The number of hydrogen-bond acceptors (Lipinski definition) is 4. The average Bonchev–Trinajstić information content (AvgIpc) is 3.09. The number of anilines is 1. The molecule has 0 aliphatic carbocycles. The van der Waals surface area contributed by atoms with Crippen LogP contribution >= 0.6 is 0 Å². The van der Waals surface area contributed by atoms with Gasteiger partial charge in [0.15, 0.2) is 6.61 Å². The Bertz CT molecular complexity index is 1240. The topological polar surface area (TPSA) is 87.7 Å². The van der Waals surface area contributed by atoms with Crippen molar-refractivity contribution in [1.82, 2.24) is 10.2 Å². The van der Waals surface area contributed by atoms with Crippen LogP contribution in [-0.2, 0) is 16.1 Å². The molecular formula is C26H22FN3O4. The van der Waals surface area contributed by atoms with Crippen molar-refractivity contribution in [2.24, 2.45) is 0 Å². The van der Waals surface area contributed by atoms with Crippen molar-refractivity contribution in [3.8, 4) is 5.75 Å². The fraction of sp³-hybridized carbons (Fsp3) is 0.115. The number of imide groups is 1. The molecule has 1 heterocycles. The molecule has 0 spiro atoms. The highest BCUT2D eigenvalue weighted by Gasteiger charge is 2.33. The number of benzene rings is 3. The van der Waals surface area contributed by atoms with E-state index in [4.69, 9.17) is 4.74 Å². The van der Waals surface area contributed by atoms with E-state index < -0.39 is 11.9 Å². The number of nitrogens with zero attached hydrogens (tertiary/aromatic N) is 1. The number of carbonyl (C=O) groups is 3. The summed E-state index contributed by atoms with van der Waals surface area (Å²) >= 11 is 0. The van der Waals surface area contributed by atoms with Crippen molar-refractivity contribution in [1.29, 1.82) is 0 Å². The Morgan fingerprint density at radius 2 is 1.68 bits per heavy atom. The number of halogens is 1. The van der Waals surface area contributed by atoms with Gasteiger partial charge in [-0.05, 0) is 60.5 Å². The second-order valence-corrected chi connectivity index (χ2v) is 7.78. The van der Waals surface area contributed by atoms with Crippen molar-refractivity contribution in [3.05, 3.63) is 101 Å². The minimum absolute atomic E-state index is 0.185. The zero-order chi connectivity index (χ0) is 24.1. The van der Waals surface area contributed by atoms with E-state index in [1.807, 2.05) is 31.2 Å². The number of ether oxygens (including phenoxy) is 1. The monoisotopic (exact) mass is 459 g/mol. The highest BCUT2D eigenvalue weighted by atomic mass is 19.1. The molecular weight excluding hydrogens is 437 g/mol. The summed E-state index contributed by atoms with van der Waals surface area (Å²) in [6, 6.07) is 19.3. The second kappa shape index (κ2) is 9.99. The van der Waals surface area contributed by atoms with E-state index in [9.17, 15) is 18.8 Å². The fourth-order valence-electron chi connectivity index (χ4n) is 3.30. The molecule has 0 bridgehead atoms. The summed E-state index contributed by atoms with van der Waals surface area (Å²) in [7, 11) is 0. The fourth-order valence-corrected chi connectivity index (χ4v) is 3.30. The summed E-state index contributed by atoms with van der Waals surface area (Å²) in [6.45, 7) is 1.94. The molecule has 0 saturated carbocycles. The highest BCUT2D eigenvalue weighted by molar-refractivity contribution is 6.13. The predicted molar refractivity (Wildman–Crippen MR) is 125 cm³/mol. The second-order valence-electron chi connectivity index (χ2n) is 7.78. The lowest BCUT2D eigenvalue weighted by atomic mass is 10.1. The minimum atomic E-state index is -0.469. The van der Waals surface area contributed by atoms with Crippen LogP contribution in [0.15, 0.2) is 78.5 Å². The molecule has 3 aromatic rings. The van der Waals surface area contributed by atoms with Gasteiger partial charge in [-0.2, -0.15) is 0 Å². The van der Waals surface area contributed by atoms with Gasteiger partial charge in [-0.1, -0.05) is 42.0 Å². The Morgan fingerprint density at radius 3 is 2.35 bits per heavy atom. The van der Waals surface area contributed by atoms with E-state index in [1.54, 1.807) is 30.3 Å². The van der Waals surface area contributed by atoms with Crippen LogP contribution in [0.4, 0.5) is 14.9 Å². The minimum Gasteiger partial charge on any atom is -0.484 e. The molecule has 1 aliphatic rings. The van der Waals surface area contributed by atoms with E-state index in [1.165, 1.54) is 24.3 Å². The first kappa shape index (κ1) is 22.7. The molecule has 1 fully saturated rings. The number of aryl methyl sites for hydroxylation is 1. The van der Waals surface area contributed by atoms with E-state index in [0.717, 1.165) is 16.0 Å². The summed E-state index contributed by atoms with van der Waals surface area (Å²) in [5, 5.41) is 5.22. The van der Waals surface area contributed by atoms with Crippen LogP contribution in [0.3, 0.4) is 0 Å². The van der Waals surface area contributed by atoms with Gasteiger partial charge in [0.2, 0.25) is 0 Å². The Morgan fingerprint density at radius 1 is 1.00 bits per heavy atom. The third-order valence-electron chi connectivity index (χ3n) is 5.11. The van der Waals surface area contributed by atoms with Crippen LogP contribution in [0, 0.1) is 12.7 Å². The van der Waals surface area contributed by atoms with Gasteiger partial charge in [-0.3, -0.25) is 14.5 Å². The molecule has 1 aliphatic heterocycles. The average molecular weight is 459 g/mol. The van der Waals surface area contributed by atoms with Crippen molar-refractivity contribution >= 4 is 29.6 Å². The van der Waals surface area contributed by atoms with Crippen molar-refractivity contribution in [2.75, 3.05) is 11.9 Å². The maximum absolute atomic E-state index is 12.9. The Kier molecular flexibility index (Phi) is 6.68. The lowest BCUT2D eigenvalue weighted by molar-refractivity contribution is -0.123. The van der Waals surface area contributed by atoms with Gasteiger partial charge < -0.3 is 15.4 Å². The summed E-state index contributed by atoms with van der Waals surface area (Å²) in [4.78, 5) is 38.1. The normalized spacial score (nSPS) is 14.3. The quantitative estimate of drug-likeness (QED) is 0.409. The molecule has 0 radical (unpaired) electrons. The summed E-state index contributed by atoms with van der Waals surface area (Å²) < 4.78 is 18.4. The molecule has 7 nitrogen and oxygen atoms in total. The van der Waals surface area contributed by atoms with Crippen LogP contribution in [0.25, 0.3) is 6.08 Å². The molecule has 2 N–H and O–H groups in total. The van der Waals surface area contributed by atoms with E-state index in [2.05, 4.69) is 10.6 Å². The molecule has 4 rings (SSSR count). The summed E-state index contributed by atoms with van der Waals surface area (Å²) in [5.41, 5.74) is 3.30. The number of carbonyl (C=O) groups excluding carboxylic acids is 3. The Balaban J connectivity index is 1.33. The van der Waals surface area contributed by atoms with Crippen LogP contribution in [0.1, 0.15) is 16.7 Å². The van der Waals surface area contributed by atoms with Gasteiger partial charge in [0, 0.05) is 5.69 Å². The Hall–Kier alpha value is -4.46. The first-order valence-electron chi connectivity index (χ1n) is 10.6. The molecule has 0 aromatic heterocycles. The molecule has 0 unspecified atom stereocenters. The molecule has 0 atom stereocenters. The van der Waals surface area contributed by atoms with E-state index >= 15 is 0 Å². The number of amides is 4. The van der Waals surface area contributed by atoms with Gasteiger partial charge in [-0.25, -0.2) is 9.18 Å². The van der Waals surface area contributed by atoms with Gasteiger partial charge in [-0.15, -0.1) is 0 Å². The SMILES string of the molecule is Cc1ccc(CN2C(=O)N/C(=C/c3ccc(OCC(=O)Nc4ccc(F)cc4)cc3)C2=O)cc1. The lowest BCUT2D eigenvalue weighted by Crippen LogP contribution is -2.30. The smallest absolute Gasteiger partial charge is 0.329 e. The maximum Gasteiger partial charge on any atom is 0.329 e. The van der Waals surface area contributed by atoms with Gasteiger partial charge >= 0.3 is 6.03 Å². The van der Waals surface area contributed by atoms with Gasteiger partial charge in [0.25, 0.3) is 11.8 Å². The Labute approximate surface area is 195 Å². The lowest BCUT2D eigenvalue weighted by Gasteiger charge is -2.11. The van der Waals surface area contributed by atoms with Crippen molar-refractivity contribution in [2.45, 2.75) is 13.5 Å². The number of urea groups is 1. The first-order valence-corrected chi connectivity index (χ1v) is 10.6. The third-order valence-corrected chi connectivity index (χ3v) is 5.11. The van der Waals surface area contributed by atoms with Crippen molar-refractivity contribution in [3.63, 3.8) is 0 Å². The zero-order valence-electron chi connectivity index (χ0n) is 18.4. The molecule has 8 heteroatoms. The van der Waals surface area contributed by atoms with E-state index in [-0.39, 0.29) is 30.6 Å². The molecule has 172 valence electrons. The third kappa shape index (κ3) is 5.66. The molecule has 3 aromatic carbocycles. The van der Waals surface area contributed by atoms with E-state index in [0.29, 0.717) is 17.0 Å². The van der Waals surface area contributed by atoms with Gasteiger partial charge in [0.05, 0.1) is 6.54 Å². The predicted octanol–water partition coefficient (Wildman–Crippen LogP) is 4.24. The number of nitrogens with one attached hydrogen (secondary N) is 2. The van der Waals surface area contributed by atoms with Crippen LogP contribution in [0.2, 0.25) is 0 Å². The van der Waals surface area contributed by atoms with Crippen LogP contribution in [0.5, 0.6) is 5.75 Å².